The number of rotatable bonds is 9. The van der Waals surface area contributed by atoms with Gasteiger partial charge in [-0.05, 0) is 24.9 Å². The Bertz CT molecular complexity index is 577. The van der Waals surface area contributed by atoms with Crippen LogP contribution in [0.2, 0.25) is 0 Å². The maximum Gasteiger partial charge on any atom is 0.307 e. The first-order valence-electron chi connectivity index (χ1n) is 8.62. The quantitative estimate of drug-likeness (QED) is 0.551. The maximum absolute atomic E-state index is 11.8. The lowest BCUT2D eigenvalue weighted by Crippen LogP contribution is -2.41. The second-order valence-electron chi connectivity index (χ2n) is 5.94. The molecule has 7 nitrogen and oxygen atoms in total. The van der Waals surface area contributed by atoms with E-state index in [9.17, 15) is 14.4 Å². The lowest BCUT2D eigenvalue weighted by molar-refractivity contribution is -0.144. The van der Waals surface area contributed by atoms with Gasteiger partial charge in [-0.2, -0.15) is 0 Å². The second-order valence-corrected chi connectivity index (χ2v) is 5.94. The first-order valence-corrected chi connectivity index (χ1v) is 8.62. The zero-order valence-corrected chi connectivity index (χ0v) is 15.5. The van der Waals surface area contributed by atoms with Gasteiger partial charge in [-0.1, -0.05) is 30.3 Å². The van der Waals surface area contributed by atoms with Crippen molar-refractivity contribution in [2.75, 3.05) is 19.6 Å². The van der Waals surface area contributed by atoms with Crippen molar-refractivity contribution in [3.63, 3.8) is 0 Å². The highest BCUT2D eigenvalue weighted by Crippen LogP contribution is 2.04. The minimum atomic E-state index is -0.357. The van der Waals surface area contributed by atoms with Crippen LogP contribution in [0.25, 0.3) is 0 Å². The molecule has 2 rings (SSSR count). The van der Waals surface area contributed by atoms with Gasteiger partial charge in [0.1, 0.15) is 6.61 Å². The molecule has 1 aliphatic rings. The zero-order chi connectivity index (χ0) is 17.9. The van der Waals surface area contributed by atoms with Gasteiger partial charge < -0.3 is 20.7 Å². The molecule has 1 heterocycles. The number of nitrogens with one attached hydrogen (secondary N) is 3. The molecule has 144 valence electrons. The molecule has 2 amide bonds. The lowest BCUT2D eigenvalue weighted by atomic mass is 10.2. The van der Waals surface area contributed by atoms with Crippen LogP contribution in [-0.4, -0.2) is 43.5 Å². The Morgan fingerprint density at radius 1 is 1.08 bits per heavy atom. The molecule has 1 aromatic rings. The molecule has 0 aliphatic carbocycles. The van der Waals surface area contributed by atoms with Crippen LogP contribution in [0.4, 0.5) is 0 Å². The number of carbonyl (C=O) groups is 3. The molecule has 1 fully saturated rings. The highest BCUT2D eigenvalue weighted by atomic mass is 35.5. The fourth-order valence-electron chi connectivity index (χ4n) is 2.53. The predicted molar refractivity (Wildman–Crippen MR) is 99.8 cm³/mol. The van der Waals surface area contributed by atoms with Gasteiger partial charge in [-0.3, -0.25) is 14.4 Å². The first-order chi connectivity index (χ1) is 12.1. The van der Waals surface area contributed by atoms with Crippen molar-refractivity contribution in [1.82, 2.24) is 16.0 Å². The van der Waals surface area contributed by atoms with E-state index in [1.807, 2.05) is 30.3 Å². The van der Waals surface area contributed by atoms with Crippen molar-refractivity contribution >= 4 is 30.2 Å². The van der Waals surface area contributed by atoms with E-state index in [0.29, 0.717) is 6.54 Å². The van der Waals surface area contributed by atoms with Gasteiger partial charge in [0, 0.05) is 19.5 Å². The summed E-state index contributed by atoms with van der Waals surface area (Å²) in [5.74, 6) is -0.616. The van der Waals surface area contributed by atoms with E-state index >= 15 is 0 Å². The number of hydrogen-bond donors (Lipinski definition) is 3. The van der Waals surface area contributed by atoms with E-state index < -0.39 is 0 Å². The molecule has 3 N–H and O–H groups in total. The first kappa shape index (κ1) is 21.9. The Morgan fingerprint density at radius 2 is 1.81 bits per heavy atom. The zero-order valence-electron chi connectivity index (χ0n) is 14.7. The molecule has 8 heteroatoms. The van der Waals surface area contributed by atoms with Crippen molar-refractivity contribution < 1.29 is 19.1 Å². The summed E-state index contributed by atoms with van der Waals surface area (Å²) in [6.07, 6.45) is 2.15. The van der Waals surface area contributed by atoms with Crippen LogP contribution < -0.4 is 16.0 Å². The highest BCUT2D eigenvalue weighted by Gasteiger charge is 2.21. The van der Waals surface area contributed by atoms with E-state index in [-0.39, 0.29) is 62.2 Å². The number of halogens is 1. The Morgan fingerprint density at radius 3 is 2.50 bits per heavy atom. The van der Waals surface area contributed by atoms with Crippen LogP contribution in [0.1, 0.15) is 31.2 Å². The van der Waals surface area contributed by atoms with Gasteiger partial charge in [0.2, 0.25) is 11.8 Å². The van der Waals surface area contributed by atoms with E-state index in [2.05, 4.69) is 16.0 Å². The molecule has 0 radical (unpaired) electrons. The normalized spacial score (nSPS) is 15.6. The second kappa shape index (κ2) is 12.3. The molecular weight excluding hydrogens is 358 g/mol. The summed E-state index contributed by atoms with van der Waals surface area (Å²) in [6, 6.07) is 9.28. The summed E-state index contributed by atoms with van der Waals surface area (Å²) in [5, 5.41) is 8.49. The molecule has 0 bridgehead atoms. The van der Waals surface area contributed by atoms with Crippen molar-refractivity contribution in [3.8, 4) is 0 Å². The van der Waals surface area contributed by atoms with Crippen LogP contribution in [0, 0.1) is 0 Å². The van der Waals surface area contributed by atoms with Crippen LogP contribution in [0.15, 0.2) is 30.3 Å². The number of esters is 1. The highest BCUT2D eigenvalue weighted by molar-refractivity contribution is 5.85. The summed E-state index contributed by atoms with van der Waals surface area (Å²) >= 11 is 0. The SMILES string of the molecule is Cl.O=C(CCNC(=O)C1CCCN1)NCCC(=O)OCc1ccccc1. The van der Waals surface area contributed by atoms with E-state index in [1.165, 1.54) is 0 Å². The molecule has 0 saturated carbocycles. The summed E-state index contributed by atoms with van der Waals surface area (Å²) < 4.78 is 5.13. The Kier molecular flexibility index (Phi) is 10.3. The van der Waals surface area contributed by atoms with Crippen molar-refractivity contribution in [1.29, 1.82) is 0 Å². The molecule has 1 unspecified atom stereocenters. The van der Waals surface area contributed by atoms with Gasteiger partial charge in [-0.15, -0.1) is 12.4 Å². The summed E-state index contributed by atoms with van der Waals surface area (Å²) in [5.41, 5.74) is 0.923. The Labute approximate surface area is 159 Å². The third-order valence-electron chi connectivity index (χ3n) is 3.92. The number of amides is 2. The largest absolute Gasteiger partial charge is 0.461 e. The number of hydrogen-bond acceptors (Lipinski definition) is 5. The minimum absolute atomic E-state index is 0. The fraction of sp³-hybridized carbons (Fsp3) is 0.500. The average Bonchev–Trinajstić information content (AvgIpc) is 3.15. The van der Waals surface area contributed by atoms with Gasteiger partial charge in [0.05, 0.1) is 12.5 Å². The summed E-state index contributed by atoms with van der Waals surface area (Å²) in [4.78, 5) is 35.0. The number of carbonyl (C=O) groups excluding carboxylic acids is 3. The minimum Gasteiger partial charge on any atom is -0.461 e. The molecular formula is C18H26ClN3O4. The third kappa shape index (κ3) is 8.31. The van der Waals surface area contributed by atoms with Crippen molar-refractivity contribution in [3.05, 3.63) is 35.9 Å². The third-order valence-corrected chi connectivity index (χ3v) is 3.92. The molecule has 1 aromatic carbocycles. The van der Waals surface area contributed by atoms with Gasteiger partial charge in [0.25, 0.3) is 0 Å². The van der Waals surface area contributed by atoms with Gasteiger partial charge >= 0.3 is 5.97 Å². The van der Waals surface area contributed by atoms with E-state index in [4.69, 9.17) is 4.74 Å². The molecule has 0 aromatic heterocycles. The van der Waals surface area contributed by atoms with Gasteiger partial charge in [0.15, 0.2) is 0 Å². The lowest BCUT2D eigenvalue weighted by Gasteiger charge is -2.11. The van der Waals surface area contributed by atoms with E-state index in [1.54, 1.807) is 0 Å². The fourth-order valence-corrected chi connectivity index (χ4v) is 2.53. The van der Waals surface area contributed by atoms with Crippen LogP contribution >= 0.6 is 12.4 Å². The van der Waals surface area contributed by atoms with Crippen LogP contribution in [0.3, 0.4) is 0 Å². The van der Waals surface area contributed by atoms with Crippen molar-refractivity contribution in [2.45, 2.75) is 38.3 Å². The van der Waals surface area contributed by atoms with Crippen LogP contribution in [0.5, 0.6) is 0 Å². The standard InChI is InChI=1S/C18H25N3O4.ClH/c22-16(8-11-21-18(24)15-7-4-10-19-15)20-12-9-17(23)25-13-14-5-2-1-3-6-14;/h1-3,5-6,15,19H,4,7-13H2,(H,20,22)(H,21,24);1H. The molecule has 1 aliphatic heterocycles. The van der Waals surface area contributed by atoms with Crippen LogP contribution in [-0.2, 0) is 25.7 Å². The molecule has 1 atom stereocenters. The Balaban J connectivity index is 0.00000338. The topological polar surface area (TPSA) is 96.5 Å². The monoisotopic (exact) mass is 383 g/mol. The van der Waals surface area contributed by atoms with Gasteiger partial charge in [-0.25, -0.2) is 0 Å². The average molecular weight is 384 g/mol. The number of benzene rings is 1. The Hall–Kier alpha value is -2.12. The maximum atomic E-state index is 11.8. The van der Waals surface area contributed by atoms with E-state index in [0.717, 1.165) is 24.9 Å². The smallest absolute Gasteiger partial charge is 0.307 e. The summed E-state index contributed by atoms with van der Waals surface area (Å²) in [7, 11) is 0. The predicted octanol–water partition coefficient (Wildman–Crippen LogP) is 0.916. The molecule has 26 heavy (non-hydrogen) atoms. The van der Waals surface area contributed by atoms with Crippen molar-refractivity contribution in [2.24, 2.45) is 0 Å². The summed E-state index contributed by atoms with van der Waals surface area (Å²) in [6.45, 7) is 1.61. The molecule has 1 saturated heterocycles. The number of ether oxygens (including phenoxy) is 1. The molecule has 0 spiro atoms.